The summed E-state index contributed by atoms with van der Waals surface area (Å²) in [5.41, 5.74) is 0. The molecule has 0 amide bonds. The first kappa shape index (κ1) is 13.9. The highest BCUT2D eigenvalue weighted by atomic mass is 16.5. The standard InChI is InChI=1S/C12H25NO3/c1-2-16-10-12(15)9-13-7-4-3-5-11(13)6-8-14/h11-12,14-15H,2-10H2,1H3. The fraction of sp³-hybridized carbons (Fsp3) is 1.00. The molecule has 0 aromatic carbocycles. The molecule has 96 valence electrons. The van der Waals surface area contributed by atoms with Gasteiger partial charge in [-0.1, -0.05) is 6.42 Å². The van der Waals surface area contributed by atoms with Crippen molar-refractivity contribution in [2.45, 2.75) is 44.8 Å². The Balaban J connectivity index is 2.30. The third-order valence-corrected chi connectivity index (χ3v) is 3.17. The van der Waals surface area contributed by atoms with Crippen LogP contribution < -0.4 is 0 Å². The van der Waals surface area contributed by atoms with Gasteiger partial charge in [0.1, 0.15) is 0 Å². The summed E-state index contributed by atoms with van der Waals surface area (Å²) in [5, 5.41) is 18.8. The van der Waals surface area contributed by atoms with Crippen LogP contribution in [-0.4, -0.2) is 60.2 Å². The lowest BCUT2D eigenvalue weighted by molar-refractivity contribution is 0.00233. The molecule has 0 radical (unpaired) electrons. The van der Waals surface area contributed by atoms with Gasteiger partial charge < -0.3 is 14.9 Å². The Bertz CT molecular complexity index is 176. The van der Waals surface area contributed by atoms with E-state index >= 15 is 0 Å². The number of aliphatic hydroxyl groups is 2. The zero-order valence-electron chi connectivity index (χ0n) is 10.3. The van der Waals surface area contributed by atoms with Crippen molar-refractivity contribution < 1.29 is 14.9 Å². The van der Waals surface area contributed by atoms with Crippen molar-refractivity contribution in [3.8, 4) is 0 Å². The maximum Gasteiger partial charge on any atom is 0.0900 e. The summed E-state index contributed by atoms with van der Waals surface area (Å²) in [6.07, 6.45) is 3.99. The molecule has 0 spiro atoms. The maximum atomic E-state index is 9.79. The second kappa shape index (κ2) is 8.01. The first-order valence-electron chi connectivity index (χ1n) is 6.38. The van der Waals surface area contributed by atoms with Crippen LogP contribution in [0.25, 0.3) is 0 Å². The van der Waals surface area contributed by atoms with Gasteiger partial charge in [0.2, 0.25) is 0 Å². The molecule has 1 heterocycles. The average molecular weight is 231 g/mol. The molecule has 2 atom stereocenters. The quantitative estimate of drug-likeness (QED) is 0.674. The van der Waals surface area contributed by atoms with Crippen LogP contribution in [0.15, 0.2) is 0 Å². The number of aliphatic hydroxyl groups excluding tert-OH is 2. The van der Waals surface area contributed by atoms with Crippen LogP contribution in [0.1, 0.15) is 32.6 Å². The molecule has 0 bridgehead atoms. The number of likely N-dealkylation sites (tertiary alicyclic amines) is 1. The molecular weight excluding hydrogens is 206 g/mol. The smallest absolute Gasteiger partial charge is 0.0900 e. The highest BCUT2D eigenvalue weighted by Crippen LogP contribution is 2.19. The summed E-state index contributed by atoms with van der Waals surface area (Å²) in [4.78, 5) is 2.30. The molecule has 0 aliphatic carbocycles. The van der Waals surface area contributed by atoms with E-state index in [1.54, 1.807) is 0 Å². The van der Waals surface area contributed by atoms with E-state index in [1.165, 1.54) is 12.8 Å². The molecule has 2 N–H and O–H groups in total. The van der Waals surface area contributed by atoms with Crippen molar-refractivity contribution in [3.63, 3.8) is 0 Å². The lowest BCUT2D eigenvalue weighted by Gasteiger charge is -2.36. The van der Waals surface area contributed by atoms with Crippen molar-refractivity contribution in [1.29, 1.82) is 0 Å². The van der Waals surface area contributed by atoms with Crippen LogP contribution in [-0.2, 0) is 4.74 Å². The third-order valence-electron chi connectivity index (χ3n) is 3.17. The van der Waals surface area contributed by atoms with E-state index in [0.29, 0.717) is 25.8 Å². The van der Waals surface area contributed by atoms with Crippen molar-refractivity contribution >= 4 is 0 Å². The predicted molar refractivity (Wildman–Crippen MR) is 63.4 cm³/mol. The SMILES string of the molecule is CCOCC(O)CN1CCCCC1CCO. The van der Waals surface area contributed by atoms with Crippen molar-refractivity contribution in [2.75, 3.05) is 32.9 Å². The molecule has 4 heteroatoms. The Morgan fingerprint density at radius 2 is 2.25 bits per heavy atom. The molecule has 1 aliphatic rings. The average Bonchev–Trinajstić information content (AvgIpc) is 2.29. The van der Waals surface area contributed by atoms with Gasteiger partial charge in [0, 0.05) is 25.8 Å². The van der Waals surface area contributed by atoms with Gasteiger partial charge >= 0.3 is 0 Å². The summed E-state index contributed by atoms with van der Waals surface area (Å²) in [6, 6.07) is 0.440. The molecule has 0 aromatic rings. The predicted octanol–water partition coefficient (Wildman–Crippen LogP) is 0.621. The molecule has 4 nitrogen and oxygen atoms in total. The van der Waals surface area contributed by atoms with E-state index in [9.17, 15) is 5.11 Å². The Labute approximate surface area is 98.2 Å². The fourth-order valence-corrected chi connectivity index (χ4v) is 2.35. The molecule has 1 rings (SSSR count). The van der Waals surface area contributed by atoms with E-state index in [1.807, 2.05) is 6.92 Å². The Morgan fingerprint density at radius 1 is 1.44 bits per heavy atom. The number of ether oxygens (including phenoxy) is 1. The highest BCUT2D eigenvalue weighted by molar-refractivity contribution is 4.78. The molecule has 2 unspecified atom stereocenters. The fourth-order valence-electron chi connectivity index (χ4n) is 2.35. The van der Waals surface area contributed by atoms with Crippen molar-refractivity contribution in [2.24, 2.45) is 0 Å². The molecule has 0 aromatic heterocycles. The highest BCUT2D eigenvalue weighted by Gasteiger charge is 2.23. The number of hydrogen-bond acceptors (Lipinski definition) is 4. The number of hydrogen-bond donors (Lipinski definition) is 2. The Hall–Kier alpha value is -0.160. The number of piperidine rings is 1. The van der Waals surface area contributed by atoms with Crippen LogP contribution in [0.2, 0.25) is 0 Å². The van der Waals surface area contributed by atoms with Crippen LogP contribution in [0.4, 0.5) is 0 Å². The van der Waals surface area contributed by atoms with Crippen molar-refractivity contribution in [3.05, 3.63) is 0 Å². The lowest BCUT2D eigenvalue weighted by Crippen LogP contribution is -2.45. The lowest BCUT2D eigenvalue weighted by atomic mass is 9.99. The second-order valence-corrected chi connectivity index (χ2v) is 4.47. The van der Waals surface area contributed by atoms with Crippen LogP contribution in [0, 0.1) is 0 Å². The third kappa shape index (κ3) is 4.78. The minimum Gasteiger partial charge on any atom is -0.396 e. The first-order valence-corrected chi connectivity index (χ1v) is 6.38. The van der Waals surface area contributed by atoms with Crippen molar-refractivity contribution in [1.82, 2.24) is 4.90 Å². The van der Waals surface area contributed by atoms with E-state index in [2.05, 4.69) is 4.90 Å². The maximum absolute atomic E-state index is 9.79. The van der Waals surface area contributed by atoms with Gasteiger partial charge in [-0.25, -0.2) is 0 Å². The minimum absolute atomic E-state index is 0.239. The minimum atomic E-state index is -0.403. The van der Waals surface area contributed by atoms with Gasteiger partial charge in [-0.3, -0.25) is 4.90 Å². The summed E-state index contributed by atoms with van der Waals surface area (Å²) < 4.78 is 5.21. The summed E-state index contributed by atoms with van der Waals surface area (Å²) in [6.45, 7) is 4.94. The summed E-state index contributed by atoms with van der Waals surface area (Å²) in [5.74, 6) is 0. The number of rotatable bonds is 7. The molecule has 1 aliphatic heterocycles. The van der Waals surface area contributed by atoms with Gasteiger partial charge in [-0.2, -0.15) is 0 Å². The first-order chi connectivity index (χ1) is 7.77. The van der Waals surface area contributed by atoms with Crippen LogP contribution in [0.5, 0.6) is 0 Å². The molecule has 1 fully saturated rings. The van der Waals surface area contributed by atoms with E-state index in [0.717, 1.165) is 19.4 Å². The number of nitrogens with zero attached hydrogens (tertiary/aromatic N) is 1. The van der Waals surface area contributed by atoms with E-state index in [4.69, 9.17) is 9.84 Å². The largest absolute Gasteiger partial charge is 0.396 e. The van der Waals surface area contributed by atoms with E-state index in [-0.39, 0.29) is 6.61 Å². The molecular formula is C12H25NO3. The zero-order valence-corrected chi connectivity index (χ0v) is 10.3. The van der Waals surface area contributed by atoms with Gasteiger partial charge in [0.15, 0.2) is 0 Å². The Morgan fingerprint density at radius 3 is 2.94 bits per heavy atom. The van der Waals surface area contributed by atoms with Crippen LogP contribution in [0.3, 0.4) is 0 Å². The van der Waals surface area contributed by atoms with Crippen LogP contribution >= 0.6 is 0 Å². The normalized spacial score (nSPS) is 24.6. The van der Waals surface area contributed by atoms with Gasteiger partial charge in [0.05, 0.1) is 12.7 Å². The van der Waals surface area contributed by atoms with Gasteiger partial charge in [-0.15, -0.1) is 0 Å². The Kier molecular flexibility index (Phi) is 6.96. The molecule has 1 saturated heterocycles. The number of β-amino-alcohol motifs (C(OH)–C–C–N with tert-alkyl or cyclic N) is 1. The monoisotopic (exact) mass is 231 g/mol. The van der Waals surface area contributed by atoms with E-state index < -0.39 is 6.10 Å². The molecule has 16 heavy (non-hydrogen) atoms. The molecule has 0 saturated carbocycles. The topological polar surface area (TPSA) is 52.9 Å². The van der Waals surface area contributed by atoms with Gasteiger partial charge in [0.25, 0.3) is 0 Å². The summed E-state index contributed by atoms with van der Waals surface area (Å²) in [7, 11) is 0. The van der Waals surface area contributed by atoms with Gasteiger partial charge in [-0.05, 0) is 32.7 Å². The zero-order chi connectivity index (χ0) is 11.8. The summed E-state index contributed by atoms with van der Waals surface area (Å²) >= 11 is 0. The second-order valence-electron chi connectivity index (χ2n) is 4.47.